The topological polar surface area (TPSA) is 45.2 Å². The van der Waals surface area contributed by atoms with Gasteiger partial charge >= 0.3 is 0 Å². The molecule has 1 aromatic carbocycles. The van der Waals surface area contributed by atoms with Crippen LogP contribution >= 0.6 is 11.3 Å². The molecule has 2 aromatic rings. The molecule has 2 fully saturated rings. The number of amides is 1. The highest BCUT2D eigenvalue weighted by molar-refractivity contribution is 7.18. The number of para-hydroxylation sites is 1. The van der Waals surface area contributed by atoms with Gasteiger partial charge in [0.05, 0.1) is 22.8 Å². The maximum absolute atomic E-state index is 12.5. The number of hydrogen-bond donors (Lipinski definition) is 1. The van der Waals surface area contributed by atoms with Gasteiger partial charge in [0.15, 0.2) is 0 Å². The summed E-state index contributed by atoms with van der Waals surface area (Å²) in [6.45, 7) is 2.36. The van der Waals surface area contributed by atoms with E-state index in [1.807, 2.05) is 6.07 Å². The summed E-state index contributed by atoms with van der Waals surface area (Å²) in [6, 6.07) is 8.63. The Kier molecular flexibility index (Phi) is 5.85. The van der Waals surface area contributed by atoms with Crippen LogP contribution in [0.15, 0.2) is 24.3 Å². The number of nitrogens with zero attached hydrogens (tertiary/aromatic N) is 2. The minimum absolute atomic E-state index is 0.184. The zero-order valence-corrected chi connectivity index (χ0v) is 16.3. The van der Waals surface area contributed by atoms with E-state index in [4.69, 9.17) is 4.98 Å². The van der Waals surface area contributed by atoms with Crippen LogP contribution in [0.1, 0.15) is 62.4 Å². The number of aromatic nitrogens is 1. The van der Waals surface area contributed by atoms with E-state index in [0.717, 1.165) is 25.0 Å². The lowest BCUT2D eigenvalue weighted by molar-refractivity contribution is -0.123. The summed E-state index contributed by atoms with van der Waals surface area (Å²) in [5.41, 5.74) is 1.08. The Morgan fingerprint density at radius 3 is 2.77 bits per heavy atom. The van der Waals surface area contributed by atoms with Crippen LogP contribution in [0.3, 0.4) is 0 Å². The molecule has 26 heavy (non-hydrogen) atoms. The van der Waals surface area contributed by atoms with Gasteiger partial charge in [-0.3, -0.25) is 9.69 Å². The Morgan fingerprint density at radius 2 is 1.92 bits per heavy atom. The van der Waals surface area contributed by atoms with Gasteiger partial charge in [0.25, 0.3) is 0 Å². The minimum atomic E-state index is 0.184. The van der Waals surface area contributed by atoms with Gasteiger partial charge in [0.1, 0.15) is 5.01 Å². The first-order chi connectivity index (χ1) is 12.8. The number of likely N-dealkylation sites (tertiary alicyclic amines) is 1. The van der Waals surface area contributed by atoms with Gasteiger partial charge in [-0.1, -0.05) is 37.8 Å². The molecule has 1 amide bonds. The van der Waals surface area contributed by atoms with Crippen molar-refractivity contribution in [3.05, 3.63) is 29.3 Å². The van der Waals surface area contributed by atoms with Crippen LogP contribution in [0.2, 0.25) is 0 Å². The van der Waals surface area contributed by atoms with Crippen molar-refractivity contribution in [2.45, 2.75) is 57.4 Å². The number of carbonyl (C=O) groups excluding carboxylic acids is 1. The maximum atomic E-state index is 12.5. The molecule has 1 aliphatic carbocycles. The van der Waals surface area contributed by atoms with Crippen molar-refractivity contribution >= 4 is 27.5 Å². The second-order valence-corrected chi connectivity index (χ2v) is 8.87. The standard InChI is InChI=1S/C21H29N3OS/c25-20(22-14-16-8-2-1-3-9-16)15-24-13-7-6-11-18(24)21-23-17-10-4-5-12-19(17)26-21/h4-5,10,12,16,18H,1-3,6-9,11,13-15H2,(H,22,25)/t18-/m1/s1. The van der Waals surface area contributed by atoms with Crippen LogP contribution in [0.5, 0.6) is 0 Å². The van der Waals surface area contributed by atoms with Crippen molar-refractivity contribution in [3.8, 4) is 0 Å². The van der Waals surface area contributed by atoms with Gasteiger partial charge < -0.3 is 5.32 Å². The molecule has 2 heterocycles. The van der Waals surface area contributed by atoms with Crippen LogP contribution in [0, 0.1) is 5.92 Å². The van der Waals surface area contributed by atoms with Crippen molar-refractivity contribution in [1.29, 1.82) is 0 Å². The van der Waals surface area contributed by atoms with Gasteiger partial charge in [-0.15, -0.1) is 11.3 Å². The third kappa shape index (κ3) is 4.26. The SMILES string of the molecule is O=C(CN1CCCC[C@@H]1c1nc2ccccc2s1)NCC1CCCCC1. The van der Waals surface area contributed by atoms with E-state index in [0.29, 0.717) is 18.5 Å². The number of carbonyl (C=O) groups is 1. The molecule has 2 aliphatic rings. The highest BCUT2D eigenvalue weighted by Gasteiger charge is 2.28. The molecule has 140 valence electrons. The highest BCUT2D eigenvalue weighted by Crippen LogP contribution is 2.35. The van der Waals surface area contributed by atoms with E-state index in [-0.39, 0.29) is 5.91 Å². The average molecular weight is 372 g/mol. The lowest BCUT2D eigenvalue weighted by Gasteiger charge is -2.34. The number of fused-ring (bicyclic) bond motifs is 1. The number of thiazole rings is 1. The number of nitrogens with one attached hydrogen (secondary N) is 1. The average Bonchev–Trinajstić information content (AvgIpc) is 3.12. The first-order valence-electron chi connectivity index (χ1n) is 10.2. The van der Waals surface area contributed by atoms with Gasteiger partial charge in [-0.2, -0.15) is 0 Å². The van der Waals surface area contributed by atoms with Crippen molar-refractivity contribution in [2.24, 2.45) is 5.92 Å². The molecule has 1 aliphatic heterocycles. The van der Waals surface area contributed by atoms with E-state index < -0.39 is 0 Å². The zero-order valence-electron chi connectivity index (χ0n) is 15.5. The van der Waals surface area contributed by atoms with Gasteiger partial charge in [0, 0.05) is 6.54 Å². The molecule has 0 unspecified atom stereocenters. The Balaban J connectivity index is 1.38. The predicted molar refractivity (Wildman–Crippen MR) is 107 cm³/mol. The highest BCUT2D eigenvalue weighted by atomic mass is 32.1. The fraction of sp³-hybridized carbons (Fsp3) is 0.619. The summed E-state index contributed by atoms with van der Waals surface area (Å²) in [6.07, 6.45) is 10.1. The monoisotopic (exact) mass is 371 g/mol. The minimum Gasteiger partial charge on any atom is -0.355 e. The molecule has 5 heteroatoms. The molecule has 0 bridgehead atoms. The fourth-order valence-electron chi connectivity index (χ4n) is 4.38. The largest absolute Gasteiger partial charge is 0.355 e. The molecule has 0 radical (unpaired) electrons. The first-order valence-corrected chi connectivity index (χ1v) is 11.0. The molecule has 0 spiro atoms. The van der Waals surface area contributed by atoms with Crippen LogP contribution < -0.4 is 5.32 Å². The van der Waals surface area contributed by atoms with Crippen LogP contribution in [-0.4, -0.2) is 35.4 Å². The van der Waals surface area contributed by atoms with E-state index in [2.05, 4.69) is 28.4 Å². The lowest BCUT2D eigenvalue weighted by Crippen LogP contribution is -2.42. The maximum Gasteiger partial charge on any atom is 0.234 e. The summed E-state index contributed by atoms with van der Waals surface area (Å²) in [7, 11) is 0. The van der Waals surface area contributed by atoms with E-state index in [1.54, 1.807) is 11.3 Å². The molecule has 1 saturated heterocycles. The van der Waals surface area contributed by atoms with Crippen LogP contribution in [0.25, 0.3) is 10.2 Å². The third-order valence-corrected chi connectivity index (χ3v) is 7.01. The van der Waals surface area contributed by atoms with E-state index in [9.17, 15) is 4.79 Å². The quantitative estimate of drug-likeness (QED) is 0.840. The summed E-state index contributed by atoms with van der Waals surface area (Å²) < 4.78 is 1.25. The number of rotatable bonds is 5. The fourth-order valence-corrected chi connectivity index (χ4v) is 5.52. The number of benzene rings is 1. The summed E-state index contributed by atoms with van der Waals surface area (Å²) in [4.78, 5) is 19.7. The number of piperidine rings is 1. The van der Waals surface area contributed by atoms with E-state index in [1.165, 1.54) is 54.7 Å². The Labute approximate surface area is 160 Å². The summed E-state index contributed by atoms with van der Waals surface area (Å²) >= 11 is 1.79. The third-order valence-electron chi connectivity index (χ3n) is 5.87. The van der Waals surface area contributed by atoms with Crippen LogP contribution in [0.4, 0.5) is 0 Å². The van der Waals surface area contributed by atoms with Crippen molar-refractivity contribution in [3.63, 3.8) is 0 Å². The van der Waals surface area contributed by atoms with E-state index >= 15 is 0 Å². The second-order valence-electron chi connectivity index (χ2n) is 7.81. The number of hydrogen-bond acceptors (Lipinski definition) is 4. The van der Waals surface area contributed by atoms with Crippen LogP contribution in [-0.2, 0) is 4.79 Å². The molecular formula is C21H29N3OS. The predicted octanol–water partition coefficient (Wildman–Crippen LogP) is 4.52. The molecule has 1 saturated carbocycles. The molecule has 1 aromatic heterocycles. The molecule has 1 atom stereocenters. The molecular weight excluding hydrogens is 342 g/mol. The van der Waals surface area contributed by atoms with Gasteiger partial charge in [-0.05, 0) is 50.3 Å². The van der Waals surface area contributed by atoms with Crippen molar-refractivity contribution < 1.29 is 4.79 Å². The molecule has 1 N–H and O–H groups in total. The normalized spacial score (nSPS) is 22.5. The molecule has 4 nitrogen and oxygen atoms in total. The van der Waals surface area contributed by atoms with Gasteiger partial charge in [-0.25, -0.2) is 4.98 Å². The van der Waals surface area contributed by atoms with Crippen molar-refractivity contribution in [1.82, 2.24) is 15.2 Å². The Morgan fingerprint density at radius 1 is 1.12 bits per heavy atom. The smallest absolute Gasteiger partial charge is 0.234 e. The zero-order chi connectivity index (χ0) is 17.8. The second kappa shape index (κ2) is 8.49. The van der Waals surface area contributed by atoms with Gasteiger partial charge in [0.2, 0.25) is 5.91 Å². The Hall–Kier alpha value is -1.46. The summed E-state index contributed by atoms with van der Waals surface area (Å²) in [5, 5.41) is 4.37. The Bertz CT molecular complexity index is 705. The van der Waals surface area contributed by atoms with Crippen molar-refractivity contribution in [2.75, 3.05) is 19.6 Å². The lowest BCUT2D eigenvalue weighted by atomic mass is 9.89. The molecule has 4 rings (SSSR count). The summed E-state index contributed by atoms with van der Waals surface area (Å²) in [5.74, 6) is 0.873. The first kappa shape index (κ1) is 17.9.